The molecule has 0 saturated heterocycles. The number of alkyl halides is 3. The molecule has 8 heteroatoms. The van der Waals surface area contributed by atoms with Crippen molar-refractivity contribution in [3.63, 3.8) is 0 Å². The summed E-state index contributed by atoms with van der Waals surface area (Å²) in [6.45, 7) is 2.03. The van der Waals surface area contributed by atoms with Crippen LogP contribution in [-0.4, -0.2) is 27.2 Å². The Bertz CT molecular complexity index is 936. The molecule has 1 amide bonds. The second-order valence-corrected chi connectivity index (χ2v) is 5.93. The van der Waals surface area contributed by atoms with Gasteiger partial charge in [-0.25, -0.2) is 4.68 Å². The Balaban J connectivity index is 1.72. The van der Waals surface area contributed by atoms with Crippen LogP contribution in [0.3, 0.4) is 0 Å². The lowest BCUT2D eigenvalue weighted by atomic mass is 10.2. The zero-order valence-corrected chi connectivity index (χ0v) is 14.5. The van der Waals surface area contributed by atoms with E-state index >= 15 is 0 Å². The summed E-state index contributed by atoms with van der Waals surface area (Å²) in [6, 6.07) is 10.4. The van der Waals surface area contributed by atoms with Crippen molar-refractivity contribution in [3.05, 3.63) is 77.4 Å². The number of aromatic nitrogens is 3. The molecule has 140 valence electrons. The van der Waals surface area contributed by atoms with Crippen molar-refractivity contribution >= 4 is 5.91 Å². The van der Waals surface area contributed by atoms with Crippen LogP contribution in [-0.2, 0) is 12.6 Å². The van der Waals surface area contributed by atoms with E-state index in [1.807, 2.05) is 18.2 Å². The summed E-state index contributed by atoms with van der Waals surface area (Å²) in [5.74, 6) is -0.332. The van der Waals surface area contributed by atoms with Crippen molar-refractivity contribution in [2.45, 2.75) is 19.5 Å². The van der Waals surface area contributed by atoms with Crippen LogP contribution in [0, 0.1) is 6.92 Å². The molecule has 0 atom stereocenters. The number of carbonyl (C=O) groups excluding carboxylic acids is 1. The first-order chi connectivity index (χ1) is 12.9. The topological polar surface area (TPSA) is 59.8 Å². The van der Waals surface area contributed by atoms with Crippen LogP contribution in [0.1, 0.15) is 27.3 Å². The van der Waals surface area contributed by atoms with E-state index in [1.54, 1.807) is 13.1 Å². The van der Waals surface area contributed by atoms with Gasteiger partial charge in [0.2, 0.25) is 0 Å². The maximum Gasteiger partial charge on any atom is 0.416 e. The van der Waals surface area contributed by atoms with Crippen molar-refractivity contribution < 1.29 is 18.0 Å². The number of carbonyl (C=O) groups is 1. The molecule has 1 N–H and O–H groups in total. The zero-order chi connectivity index (χ0) is 19.4. The fourth-order valence-corrected chi connectivity index (χ4v) is 2.65. The lowest BCUT2D eigenvalue weighted by molar-refractivity contribution is -0.137. The number of nitrogens with one attached hydrogen (secondary N) is 1. The molecule has 5 nitrogen and oxygen atoms in total. The van der Waals surface area contributed by atoms with Crippen LogP contribution < -0.4 is 5.32 Å². The smallest absolute Gasteiger partial charge is 0.352 e. The van der Waals surface area contributed by atoms with Gasteiger partial charge in [0.05, 0.1) is 28.7 Å². The third-order valence-corrected chi connectivity index (χ3v) is 4.07. The molecule has 0 fully saturated rings. The Morgan fingerprint density at radius 1 is 1.19 bits per heavy atom. The molecule has 2 aromatic heterocycles. The number of hydrogen-bond donors (Lipinski definition) is 1. The Morgan fingerprint density at radius 2 is 2.00 bits per heavy atom. The van der Waals surface area contributed by atoms with E-state index in [4.69, 9.17) is 0 Å². The van der Waals surface area contributed by atoms with Gasteiger partial charge in [-0.3, -0.25) is 9.78 Å². The quantitative estimate of drug-likeness (QED) is 0.743. The normalized spacial score (nSPS) is 11.4. The van der Waals surface area contributed by atoms with Crippen LogP contribution in [0.2, 0.25) is 0 Å². The highest BCUT2D eigenvalue weighted by atomic mass is 19.4. The SMILES string of the molecule is Cc1c(C(=O)NCCc2ccccn2)cnn1-c1cccc(C(F)(F)F)c1. The fourth-order valence-electron chi connectivity index (χ4n) is 2.65. The van der Waals surface area contributed by atoms with Gasteiger partial charge in [-0.05, 0) is 37.3 Å². The molecule has 0 aliphatic carbocycles. The second-order valence-electron chi connectivity index (χ2n) is 5.93. The lowest BCUT2D eigenvalue weighted by Gasteiger charge is -2.10. The van der Waals surface area contributed by atoms with Crippen molar-refractivity contribution in [2.24, 2.45) is 0 Å². The van der Waals surface area contributed by atoms with Gasteiger partial charge >= 0.3 is 6.18 Å². The molecule has 3 aromatic rings. The van der Waals surface area contributed by atoms with Gasteiger partial charge in [0.15, 0.2) is 0 Å². The molecular weight excluding hydrogens is 357 g/mol. The highest BCUT2D eigenvalue weighted by molar-refractivity contribution is 5.95. The molecule has 1 aromatic carbocycles. The standard InChI is InChI=1S/C19H17F3N4O/c1-13-17(18(27)24-10-8-15-6-2-3-9-23-15)12-25-26(13)16-7-4-5-14(11-16)19(20,21)22/h2-7,9,11-12H,8,10H2,1H3,(H,24,27). The molecule has 0 radical (unpaired) electrons. The first-order valence-corrected chi connectivity index (χ1v) is 8.26. The van der Waals surface area contributed by atoms with E-state index in [0.29, 0.717) is 24.2 Å². The minimum absolute atomic E-state index is 0.245. The molecule has 0 spiro atoms. The van der Waals surface area contributed by atoms with Crippen LogP contribution >= 0.6 is 0 Å². The maximum absolute atomic E-state index is 12.9. The number of nitrogens with zero attached hydrogens (tertiary/aromatic N) is 3. The highest BCUT2D eigenvalue weighted by Gasteiger charge is 2.30. The summed E-state index contributed by atoms with van der Waals surface area (Å²) in [7, 11) is 0. The van der Waals surface area contributed by atoms with Gasteiger partial charge in [-0.2, -0.15) is 18.3 Å². The van der Waals surface area contributed by atoms with Crippen LogP contribution in [0.5, 0.6) is 0 Å². The number of pyridine rings is 1. The van der Waals surface area contributed by atoms with Crippen molar-refractivity contribution in [2.75, 3.05) is 6.54 Å². The van der Waals surface area contributed by atoms with Crippen LogP contribution in [0.4, 0.5) is 13.2 Å². The zero-order valence-electron chi connectivity index (χ0n) is 14.5. The van der Waals surface area contributed by atoms with E-state index in [1.165, 1.54) is 23.0 Å². The number of benzene rings is 1. The van der Waals surface area contributed by atoms with Gasteiger partial charge < -0.3 is 5.32 Å². The average Bonchev–Trinajstić information content (AvgIpc) is 3.03. The summed E-state index contributed by atoms with van der Waals surface area (Å²) < 4.78 is 40.0. The monoisotopic (exact) mass is 374 g/mol. The minimum atomic E-state index is -4.44. The van der Waals surface area contributed by atoms with E-state index in [-0.39, 0.29) is 11.6 Å². The van der Waals surface area contributed by atoms with Crippen molar-refractivity contribution in [3.8, 4) is 5.69 Å². The summed E-state index contributed by atoms with van der Waals surface area (Å²) in [6.07, 6.45) is -0.831. The van der Waals surface area contributed by atoms with Crippen molar-refractivity contribution in [1.29, 1.82) is 0 Å². The number of rotatable bonds is 5. The molecule has 0 saturated carbocycles. The molecule has 0 unspecified atom stereocenters. The molecule has 0 aliphatic rings. The minimum Gasteiger partial charge on any atom is -0.352 e. The number of halogens is 3. The molecule has 0 bridgehead atoms. The predicted molar refractivity (Wildman–Crippen MR) is 93.6 cm³/mol. The number of hydrogen-bond acceptors (Lipinski definition) is 3. The van der Waals surface area contributed by atoms with E-state index in [9.17, 15) is 18.0 Å². The third-order valence-electron chi connectivity index (χ3n) is 4.07. The molecule has 2 heterocycles. The summed E-state index contributed by atoms with van der Waals surface area (Å²) >= 11 is 0. The number of amides is 1. The summed E-state index contributed by atoms with van der Waals surface area (Å²) in [5, 5.41) is 6.85. The van der Waals surface area contributed by atoms with Gasteiger partial charge in [-0.15, -0.1) is 0 Å². The van der Waals surface area contributed by atoms with Gasteiger partial charge in [0, 0.05) is 24.9 Å². The molecule has 0 aliphatic heterocycles. The first-order valence-electron chi connectivity index (χ1n) is 8.26. The Morgan fingerprint density at radius 3 is 2.70 bits per heavy atom. The van der Waals surface area contributed by atoms with Gasteiger partial charge in [0.25, 0.3) is 5.91 Å². The predicted octanol–water partition coefficient (Wildman–Crippen LogP) is 3.57. The summed E-state index contributed by atoms with van der Waals surface area (Å²) in [4.78, 5) is 16.5. The average molecular weight is 374 g/mol. The first kappa shape index (κ1) is 18.6. The Labute approximate surface area is 153 Å². The lowest BCUT2D eigenvalue weighted by Crippen LogP contribution is -2.26. The van der Waals surface area contributed by atoms with E-state index < -0.39 is 11.7 Å². The largest absolute Gasteiger partial charge is 0.416 e. The van der Waals surface area contributed by atoms with E-state index in [0.717, 1.165) is 17.8 Å². The highest BCUT2D eigenvalue weighted by Crippen LogP contribution is 2.30. The second kappa shape index (κ2) is 7.61. The van der Waals surface area contributed by atoms with Crippen LogP contribution in [0.15, 0.2) is 54.9 Å². The third kappa shape index (κ3) is 4.33. The molecule has 27 heavy (non-hydrogen) atoms. The Kier molecular flexibility index (Phi) is 5.25. The van der Waals surface area contributed by atoms with Crippen molar-refractivity contribution in [1.82, 2.24) is 20.1 Å². The molecular formula is C19H17F3N4O. The molecule has 3 rings (SSSR count). The maximum atomic E-state index is 12.9. The van der Waals surface area contributed by atoms with Gasteiger partial charge in [-0.1, -0.05) is 12.1 Å². The Hall–Kier alpha value is -3.16. The van der Waals surface area contributed by atoms with Crippen LogP contribution in [0.25, 0.3) is 5.69 Å². The van der Waals surface area contributed by atoms with Gasteiger partial charge in [0.1, 0.15) is 0 Å². The summed E-state index contributed by atoms with van der Waals surface area (Å²) in [5.41, 5.74) is 1.11. The van der Waals surface area contributed by atoms with E-state index in [2.05, 4.69) is 15.4 Å². The fraction of sp³-hybridized carbons (Fsp3) is 0.211.